The molecule has 0 bridgehead atoms. The number of nitrogens with zero attached hydrogens (tertiary/aromatic N) is 1. The Morgan fingerprint density at radius 2 is 0.541 bits per heavy atom. The maximum absolute atomic E-state index is 2.35. The molecule has 0 aliphatic rings. The first-order chi connectivity index (χ1) is 18.3. The molecule has 0 N–H and O–H groups in total. The minimum atomic E-state index is 1.16. The van der Waals surface area contributed by atoms with Gasteiger partial charge in [-0.3, -0.25) is 0 Å². The molecule has 0 amide bonds. The Morgan fingerprint density at radius 1 is 0.297 bits per heavy atom. The number of rotatable bonds is 3. The second-order valence-corrected chi connectivity index (χ2v) is 7.93. The van der Waals surface area contributed by atoms with E-state index in [1.54, 1.807) is 0 Å². The molecular formula is C36H39N. The number of hydrogen-bond donors (Lipinski definition) is 0. The highest BCUT2D eigenvalue weighted by Crippen LogP contribution is 2.38. The largest absolute Gasteiger partial charge is 0.310 e. The molecule has 0 radical (unpaired) electrons. The van der Waals surface area contributed by atoms with Gasteiger partial charge in [-0.15, -0.1) is 0 Å². The van der Waals surface area contributed by atoms with E-state index in [0.717, 1.165) is 17.1 Å². The normalized spacial score (nSPS) is 9.89. The van der Waals surface area contributed by atoms with Crippen molar-refractivity contribution in [3.63, 3.8) is 0 Å². The van der Waals surface area contributed by atoms with Crippen molar-refractivity contribution in [1.29, 1.82) is 0 Å². The molecule has 0 heterocycles. The third kappa shape index (κ3) is 6.19. The topological polar surface area (TPSA) is 3.24 Å². The number of hydrogen-bond acceptors (Lipinski definition) is 1. The van der Waals surface area contributed by atoms with E-state index in [0.29, 0.717) is 0 Å². The molecule has 0 spiro atoms. The predicted octanol–water partition coefficient (Wildman–Crippen LogP) is 11.7. The molecule has 0 atom stereocenters. The lowest BCUT2D eigenvalue weighted by Crippen LogP contribution is -2.09. The van der Waals surface area contributed by atoms with Crippen LogP contribution >= 0.6 is 0 Å². The molecule has 0 unspecified atom stereocenters. The van der Waals surface area contributed by atoms with E-state index in [1.165, 1.54) is 32.3 Å². The van der Waals surface area contributed by atoms with Crippen molar-refractivity contribution in [2.45, 2.75) is 41.5 Å². The van der Waals surface area contributed by atoms with Crippen LogP contribution in [0.1, 0.15) is 41.5 Å². The Hall–Kier alpha value is -4.10. The SMILES string of the molecule is CC.CC.CC.c1ccc2cc(N(c3ccc4ccccc4c3)c3ccc4ccccc4c3)ccc2c1. The molecule has 37 heavy (non-hydrogen) atoms. The van der Waals surface area contributed by atoms with Gasteiger partial charge in [0.15, 0.2) is 0 Å². The summed E-state index contributed by atoms with van der Waals surface area (Å²) in [7, 11) is 0. The fraction of sp³-hybridized carbons (Fsp3) is 0.167. The predicted molar refractivity (Wildman–Crippen MR) is 168 cm³/mol. The lowest BCUT2D eigenvalue weighted by Gasteiger charge is -2.26. The molecule has 6 aromatic rings. The average molecular weight is 486 g/mol. The first-order valence-electron chi connectivity index (χ1n) is 13.6. The highest BCUT2D eigenvalue weighted by atomic mass is 15.1. The summed E-state index contributed by atoms with van der Waals surface area (Å²) >= 11 is 0. The summed E-state index contributed by atoms with van der Waals surface area (Å²) in [5.41, 5.74) is 3.47. The van der Waals surface area contributed by atoms with Crippen molar-refractivity contribution in [2.75, 3.05) is 4.90 Å². The van der Waals surface area contributed by atoms with E-state index in [9.17, 15) is 0 Å². The van der Waals surface area contributed by atoms with Crippen molar-refractivity contribution in [3.05, 3.63) is 127 Å². The monoisotopic (exact) mass is 485 g/mol. The van der Waals surface area contributed by atoms with Crippen LogP contribution in [0.25, 0.3) is 32.3 Å². The van der Waals surface area contributed by atoms with Crippen molar-refractivity contribution in [2.24, 2.45) is 0 Å². The minimum Gasteiger partial charge on any atom is -0.310 e. The average Bonchev–Trinajstić information content (AvgIpc) is 3.00. The molecule has 188 valence electrons. The van der Waals surface area contributed by atoms with Gasteiger partial charge in [0.25, 0.3) is 0 Å². The van der Waals surface area contributed by atoms with Crippen molar-refractivity contribution < 1.29 is 0 Å². The summed E-state index contributed by atoms with van der Waals surface area (Å²) in [5.74, 6) is 0. The maximum Gasteiger partial charge on any atom is 0.0468 e. The van der Waals surface area contributed by atoms with Gasteiger partial charge in [0.2, 0.25) is 0 Å². The van der Waals surface area contributed by atoms with Crippen molar-refractivity contribution in [3.8, 4) is 0 Å². The van der Waals surface area contributed by atoms with Gasteiger partial charge in [-0.25, -0.2) is 0 Å². The summed E-state index contributed by atoms with van der Waals surface area (Å²) in [6.45, 7) is 12.0. The van der Waals surface area contributed by atoms with Crippen LogP contribution in [0, 0.1) is 0 Å². The zero-order valence-corrected chi connectivity index (χ0v) is 23.1. The summed E-state index contributed by atoms with van der Waals surface area (Å²) < 4.78 is 0. The summed E-state index contributed by atoms with van der Waals surface area (Å²) in [6.07, 6.45) is 0. The van der Waals surface area contributed by atoms with Crippen LogP contribution < -0.4 is 4.90 Å². The lowest BCUT2D eigenvalue weighted by molar-refractivity contribution is 1.30. The number of fused-ring (bicyclic) bond motifs is 3. The zero-order valence-electron chi connectivity index (χ0n) is 23.1. The second-order valence-electron chi connectivity index (χ2n) is 7.93. The molecule has 1 nitrogen and oxygen atoms in total. The molecule has 0 aromatic heterocycles. The fourth-order valence-corrected chi connectivity index (χ4v) is 4.39. The van der Waals surface area contributed by atoms with Crippen LogP contribution in [-0.2, 0) is 0 Å². The first kappa shape index (κ1) is 27.5. The van der Waals surface area contributed by atoms with Crippen LogP contribution in [0.3, 0.4) is 0 Å². The van der Waals surface area contributed by atoms with Gasteiger partial charge in [0, 0.05) is 17.1 Å². The van der Waals surface area contributed by atoms with Crippen LogP contribution in [0.15, 0.2) is 127 Å². The maximum atomic E-state index is 2.35. The van der Waals surface area contributed by atoms with Crippen LogP contribution in [-0.4, -0.2) is 0 Å². The Bertz CT molecular complexity index is 1360. The molecule has 0 saturated heterocycles. The van der Waals surface area contributed by atoms with E-state index in [-0.39, 0.29) is 0 Å². The zero-order chi connectivity index (χ0) is 26.6. The number of anilines is 3. The highest BCUT2D eigenvalue weighted by molar-refractivity contribution is 5.94. The van der Waals surface area contributed by atoms with E-state index < -0.39 is 0 Å². The first-order valence-corrected chi connectivity index (χ1v) is 13.6. The molecule has 6 aromatic carbocycles. The number of benzene rings is 6. The summed E-state index contributed by atoms with van der Waals surface area (Å²) in [5, 5.41) is 7.49. The van der Waals surface area contributed by atoms with Gasteiger partial charge >= 0.3 is 0 Å². The second kappa shape index (κ2) is 13.8. The molecule has 6 rings (SSSR count). The van der Waals surface area contributed by atoms with Crippen LogP contribution in [0.4, 0.5) is 17.1 Å². The van der Waals surface area contributed by atoms with E-state index in [2.05, 4.69) is 132 Å². The summed E-state index contributed by atoms with van der Waals surface area (Å²) in [6, 6.07) is 45.7. The van der Waals surface area contributed by atoms with Gasteiger partial charge in [-0.05, 0) is 68.7 Å². The van der Waals surface area contributed by atoms with Gasteiger partial charge < -0.3 is 4.90 Å². The van der Waals surface area contributed by atoms with Crippen molar-refractivity contribution >= 4 is 49.4 Å². The minimum absolute atomic E-state index is 1.16. The highest BCUT2D eigenvalue weighted by Gasteiger charge is 2.14. The molecule has 0 fully saturated rings. The van der Waals surface area contributed by atoms with Gasteiger partial charge in [-0.2, -0.15) is 0 Å². The quantitative estimate of drug-likeness (QED) is 0.241. The van der Waals surface area contributed by atoms with Gasteiger partial charge in [0.05, 0.1) is 0 Å². The molecule has 0 aliphatic carbocycles. The standard InChI is InChI=1S/C30H21N.3C2H6/c1-4-10-25-19-28(16-13-22(25)7-1)31(29-17-14-23-8-2-5-11-26(23)20-29)30-18-15-24-9-3-6-12-27(24)21-30;3*1-2/h1-21H;3*1-2H3. The molecule has 0 saturated carbocycles. The Morgan fingerprint density at radius 3 is 0.811 bits per heavy atom. The Labute approximate surface area is 223 Å². The van der Waals surface area contributed by atoms with E-state index >= 15 is 0 Å². The van der Waals surface area contributed by atoms with E-state index in [1.807, 2.05) is 41.5 Å². The third-order valence-corrected chi connectivity index (χ3v) is 5.97. The molecule has 0 aliphatic heterocycles. The van der Waals surface area contributed by atoms with Crippen LogP contribution in [0.5, 0.6) is 0 Å². The Balaban J connectivity index is 0.000000593. The fourth-order valence-electron chi connectivity index (χ4n) is 4.39. The lowest BCUT2D eigenvalue weighted by atomic mass is 10.0. The van der Waals surface area contributed by atoms with E-state index in [4.69, 9.17) is 0 Å². The van der Waals surface area contributed by atoms with Gasteiger partial charge in [0.1, 0.15) is 0 Å². The molecule has 1 heteroatoms. The summed E-state index contributed by atoms with van der Waals surface area (Å²) in [4.78, 5) is 2.35. The van der Waals surface area contributed by atoms with Crippen LogP contribution in [0.2, 0.25) is 0 Å². The van der Waals surface area contributed by atoms with Gasteiger partial charge in [-0.1, -0.05) is 133 Å². The smallest absolute Gasteiger partial charge is 0.0468 e. The van der Waals surface area contributed by atoms with Crippen molar-refractivity contribution in [1.82, 2.24) is 0 Å². The molecular weight excluding hydrogens is 446 g/mol. The Kier molecular flexibility index (Phi) is 10.3. The third-order valence-electron chi connectivity index (χ3n) is 5.97.